The number of hydrogen-bond donors (Lipinski definition) is 2. The number of aromatic amines is 1. The lowest BCUT2D eigenvalue weighted by Gasteiger charge is -2.34. The lowest BCUT2D eigenvalue weighted by Crippen LogP contribution is -2.40. The molecule has 27 heavy (non-hydrogen) atoms. The number of fused-ring (bicyclic) bond motifs is 2. The summed E-state index contributed by atoms with van der Waals surface area (Å²) in [5.74, 6) is -0.266. The zero-order valence-corrected chi connectivity index (χ0v) is 14.9. The highest BCUT2D eigenvalue weighted by Gasteiger charge is 2.28. The van der Waals surface area contributed by atoms with Gasteiger partial charge in [0.25, 0.3) is 11.5 Å². The largest absolute Gasteiger partial charge is 0.345 e. The monoisotopic (exact) mass is 361 g/mol. The number of nitrogens with one attached hydrogen (secondary N) is 2. The summed E-state index contributed by atoms with van der Waals surface area (Å²) in [7, 11) is 0. The third kappa shape index (κ3) is 2.99. The Morgan fingerprint density at radius 1 is 1.07 bits per heavy atom. The van der Waals surface area contributed by atoms with Crippen molar-refractivity contribution in [2.75, 3.05) is 11.4 Å². The number of pyridine rings is 1. The fourth-order valence-electron chi connectivity index (χ4n) is 3.67. The zero-order chi connectivity index (χ0) is 19.0. The number of anilines is 1. The van der Waals surface area contributed by atoms with E-state index in [1.807, 2.05) is 24.3 Å². The van der Waals surface area contributed by atoms with Crippen LogP contribution >= 0.6 is 0 Å². The standard InChI is InChI=1S/C21H19N3O3/c1-13(25)24-11-10-18(16-8-4-5-9-19(16)24)23-21(27)17-12-22-20(26)15-7-3-2-6-14(15)17/h2-9,12,18H,10-11H2,1H3,(H,22,26)(H,23,27). The summed E-state index contributed by atoms with van der Waals surface area (Å²) in [5.41, 5.74) is 1.95. The van der Waals surface area contributed by atoms with Gasteiger partial charge in [-0.2, -0.15) is 0 Å². The first kappa shape index (κ1) is 17.0. The van der Waals surface area contributed by atoms with Gasteiger partial charge in [-0.3, -0.25) is 14.4 Å². The van der Waals surface area contributed by atoms with Crippen LogP contribution in [0.2, 0.25) is 0 Å². The quantitative estimate of drug-likeness (QED) is 0.736. The lowest BCUT2D eigenvalue weighted by molar-refractivity contribution is -0.116. The predicted molar refractivity (Wildman–Crippen MR) is 104 cm³/mol. The Hall–Kier alpha value is -3.41. The van der Waals surface area contributed by atoms with Gasteiger partial charge in [0.2, 0.25) is 5.91 Å². The van der Waals surface area contributed by atoms with Crippen molar-refractivity contribution in [3.8, 4) is 0 Å². The zero-order valence-electron chi connectivity index (χ0n) is 14.9. The molecular weight excluding hydrogens is 342 g/mol. The summed E-state index contributed by atoms with van der Waals surface area (Å²) >= 11 is 0. The van der Waals surface area contributed by atoms with Crippen LogP contribution in [0.1, 0.15) is 35.3 Å². The number of para-hydroxylation sites is 1. The second-order valence-corrected chi connectivity index (χ2v) is 6.62. The summed E-state index contributed by atoms with van der Waals surface area (Å²) in [5, 5.41) is 4.17. The number of rotatable bonds is 2. The van der Waals surface area contributed by atoms with Gasteiger partial charge >= 0.3 is 0 Å². The molecule has 0 saturated heterocycles. The van der Waals surface area contributed by atoms with Crippen LogP contribution in [0.5, 0.6) is 0 Å². The molecule has 4 rings (SSSR count). The molecule has 0 radical (unpaired) electrons. The molecule has 2 heterocycles. The van der Waals surface area contributed by atoms with Crippen molar-refractivity contribution in [3.63, 3.8) is 0 Å². The number of amides is 2. The molecule has 136 valence electrons. The second-order valence-electron chi connectivity index (χ2n) is 6.62. The van der Waals surface area contributed by atoms with E-state index in [-0.39, 0.29) is 23.4 Å². The number of H-pyrrole nitrogens is 1. The average Bonchev–Trinajstić information content (AvgIpc) is 2.68. The van der Waals surface area contributed by atoms with E-state index < -0.39 is 0 Å². The number of carbonyl (C=O) groups excluding carboxylic acids is 2. The normalized spacial score (nSPS) is 16.0. The molecule has 0 aliphatic carbocycles. The van der Waals surface area contributed by atoms with Crippen molar-refractivity contribution in [1.29, 1.82) is 0 Å². The molecule has 2 N–H and O–H groups in total. The van der Waals surface area contributed by atoms with Gasteiger partial charge in [0.1, 0.15) is 0 Å². The highest BCUT2D eigenvalue weighted by atomic mass is 16.2. The minimum Gasteiger partial charge on any atom is -0.345 e. The van der Waals surface area contributed by atoms with E-state index >= 15 is 0 Å². The lowest BCUT2D eigenvalue weighted by atomic mass is 9.95. The molecule has 1 aromatic heterocycles. The fraction of sp³-hybridized carbons (Fsp3) is 0.190. The van der Waals surface area contributed by atoms with E-state index in [2.05, 4.69) is 10.3 Å². The van der Waals surface area contributed by atoms with Gasteiger partial charge in [0, 0.05) is 36.1 Å². The Bertz CT molecular complexity index is 1100. The highest BCUT2D eigenvalue weighted by molar-refractivity contribution is 6.06. The SMILES string of the molecule is CC(=O)N1CCC(NC(=O)c2c[nH]c(=O)c3ccccc23)c2ccccc21. The fourth-order valence-corrected chi connectivity index (χ4v) is 3.67. The van der Waals surface area contributed by atoms with Crippen LogP contribution in [0.3, 0.4) is 0 Å². The average molecular weight is 361 g/mol. The van der Waals surface area contributed by atoms with Gasteiger partial charge in [0.05, 0.1) is 11.6 Å². The van der Waals surface area contributed by atoms with Crippen molar-refractivity contribution >= 4 is 28.3 Å². The van der Waals surface area contributed by atoms with Crippen LogP contribution in [0.4, 0.5) is 5.69 Å². The summed E-state index contributed by atoms with van der Waals surface area (Å²) in [6.45, 7) is 2.09. The smallest absolute Gasteiger partial charge is 0.255 e. The van der Waals surface area contributed by atoms with E-state index in [0.29, 0.717) is 29.3 Å². The van der Waals surface area contributed by atoms with E-state index in [1.165, 1.54) is 6.20 Å². The predicted octanol–water partition coefficient (Wildman–Crippen LogP) is 2.76. The molecule has 2 amide bonds. The molecule has 6 heteroatoms. The number of nitrogens with zero attached hydrogens (tertiary/aromatic N) is 1. The summed E-state index contributed by atoms with van der Waals surface area (Å²) in [6.07, 6.45) is 2.08. The van der Waals surface area contributed by atoms with Crippen LogP contribution in [0.25, 0.3) is 10.8 Å². The summed E-state index contributed by atoms with van der Waals surface area (Å²) < 4.78 is 0. The van der Waals surface area contributed by atoms with E-state index in [4.69, 9.17) is 0 Å². The third-order valence-corrected chi connectivity index (χ3v) is 4.98. The molecule has 1 aliphatic rings. The Labute approximate surface area is 155 Å². The third-order valence-electron chi connectivity index (χ3n) is 4.98. The van der Waals surface area contributed by atoms with Crippen molar-refractivity contribution in [1.82, 2.24) is 10.3 Å². The van der Waals surface area contributed by atoms with Crippen LogP contribution in [0.15, 0.2) is 59.5 Å². The van der Waals surface area contributed by atoms with Crippen LogP contribution < -0.4 is 15.8 Å². The Balaban J connectivity index is 1.68. The molecule has 0 saturated carbocycles. The van der Waals surface area contributed by atoms with E-state index in [9.17, 15) is 14.4 Å². The maximum absolute atomic E-state index is 12.9. The molecule has 1 atom stereocenters. The maximum atomic E-state index is 12.9. The second kappa shape index (κ2) is 6.72. The first-order valence-corrected chi connectivity index (χ1v) is 8.84. The molecule has 0 spiro atoms. The molecular formula is C21H19N3O3. The number of aromatic nitrogens is 1. The molecule has 6 nitrogen and oxygen atoms in total. The Kier molecular flexibility index (Phi) is 4.24. The molecule has 1 aliphatic heterocycles. The van der Waals surface area contributed by atoms with Crippen LogP contribution in [-0.2, 0) is 4.79 Å². The topological polar surface area (TPSA) is 82.3 Å². The maximum Gasteiger partial charge on any atom is 0.255 e. The Morgan fingerprint density at radius 3 is 2.56 bits per heavy atom. The van der Waals surface area contributed by atoms with Crippen molar-refractivity contribution in [2.24, 2.45) is 0 Å². The van der Waals surface area contributed by atoms with Gasteiger partial charge in [0.15, 0.2) is 0 Å². The molecule has 0 bridgehead atoms. The molecule has 0 fully saturated rings. The first-order valence-electron chi connectivity index (χ1n) is 8.84. The van der Waals surface area contributed by atoms with E-state index in [1.54, 1.807) is 36.1 Å². The minimum absolute atomic E-state index is 0.0149. The molecule has 1 unspecified atom stereocenters. The van der Waals surface area contributed by atoms with Crippen molar-refractivity contribution < 1.29 is 9.59 Å². The molecule has 2 aromatic carbocycles. The summed E-state index contributed by atoms with van der Waals surface area (Å²) in [4.78, 5) is 41.2. The number of carbonyl (C=O) groups is 2. The first-order chi connectivity index (χ1) is 13.1. The van der Waals surface area contributed by atoms with Crippen molar-refractivity contribution in [3.05, 3.63) is 76.2 Å². The number of benzene rings is 2. The molecule has 3 aromatic rings. The van der Waals surface area contributed by atoms with Gasteiger partial charge in [-0.1, -0.05) is 36.4 Å². The number of hydrogen-bond acceptors (Lipinski definition) is 3. The van der Waals surface area contributed by atoms with E-state index in [0.717, 1.165) is 11.3 Å². The van der Waals surface area contributed by atoms with Crippen molar-refractivity contribution in [2.45, 2.75) is 19.4 Å². The van der Waals surface area contributed by atoms with Crippen LogP contribution in [-0.4, -0.2) is 23.3 Å². The Morgan fingerprint density at radius 2 is 1.78 bits per heavy atom. The van der Waals surface area contributed by atoms with Gasteiger partial charge in [-0.05, 0) is 24.1 Å². The summed E-state index contributed by atoms with van der Waals surface area (Å²) in [6, 6.07) is 14.5. The highest BCUT2D eigenvalue weighted by Crippen LogP contribution is 2.34. The van der Waals surface area contributed by atoms with Gasteiger partial charge < -0.3 is 15.2 Å². The van der Waals surface area contributed by atoms with Gasteiger partial charge in [-0.15, -0.1) is 0 Å². The van der Waals surface area contributed by atoms with Crippen LogP contribution in [0, 0.1) is 0 Å². The van der Waals surface area contributed by atoms with Gasteiger partial charge in [-0.25, -0.2) is 0 Å². The minimum atomic E-state index is -0.251.